The molecule has 0 saturated heterocycles. The number of halogens is 2. The van der Waals surface area contributed by atoms with E-state index in [-0.39, 0.29) is 47.0 Å². The van der Waals surface area contributed by atoms with Crippen LogP contribution in [-0.2, 0) is 65.3 Å². The number of hydrogen-bond donors (Lipinski definition) is 2. The Morgan fingerprint density at radius 3 is 1.32 bits per heavy atom. The van der Waals surface area contributed by atoms with Crippen LogP contribution in [-0.4, -0.2) is 83.8 Å². The molecule has 2 aromatic carbocycles. The second-order valence-electron chi connectivity index (χ2n) is 15.4. The second-order valence-corrected chi connectivity index (χ2v) is 20.8. The number of carbonyl (C=O) groups is 4. The molecule has 2 fully saturated rings. The van der Waals surface area contributed by atoms with Gasteiger partial charge in [0.2, 0.25) is 0 Å². The molecule has 0 spiro atoms. The van der Waals surface area contributed by atoms with Crippen molar-refractivity contribution in [2.45, 2.75) is 77.5 Å². The third-order valence-corrected chi connectivity index (χ3v) is 14.4. The highest BCUT2D eigenvalue weighted by molar-refractivity contribution is 7.89. The highest BCUT2D eigenvalue weighted by Crippen LogP contribution is 2.43. The van der Waals surface area contributed by atoms with Crippen molar-refractivity contribution >= 4 is 66.4 Å². The van der Waals surface area contributed by atoms with E-state index in [1.807, 2.05) is 12.1 Å². The normalized spacial score (nSPS) is 17.5. The van der Waals surface area contributed by atoms with Gasteiger partial charge in [-0.3, -0.25) is 38.1 Å². The minimum absolute atomic E-state index is 0.0556. The van der Waals surface area contributed by atoms with Gasteiger partial charge in [0.15, 0.2) is 21.7 Å². The van der Waals surface area contributed by atoms with E-state index in [4.69, 9.17) is 18.6 Å². The molecule has 2 atom stereocenters. The molecule has 20 heteroatoms. The average Bonchev–Trinajstić information content (AvgIpc) is 4.13. The molecule has 2 N–H and O–H groups in total. The van der Waals surface area contributed by atoms with Gasteiger partial charge >= 0.3 is 11.9 Å². The van der Waals surface area contributed by atoms with E-state index in [0.717, 1.165) is 49.7 Å². The Bertz CT molecular complexity index is 2360. The third kappa shape index (κ3) is 13.1. The predicted octanol–water partition coefficient (Wildman–Crippen LogP) is 6.54. The molecule has 2 unspecified atom stereocenters. The fourth-order valence-corrected chi connectivity index (χ4v) is 11.1. The van der Waals surface area contributed by atoms with Crippen LogP contribution in [0.1, 0.15) is 83.6 Å². The van der Waals surface area contributed by atoms with E-state index in [1.54, 1.807) is 36.4 Å². The fourth-order valence-electron chi connectivity index (χ4n) is 7.33. The van der Waals surface area contributed by atoms with Gasteiger partial charge in [0.25, 0.3) is 20.2 Å². The molecule has 0 amide bonds. The first-order chi connectivity index (χ1) is 29.3. The van der Waals surface area contributed by atoms with Crippen LogP contribution in [0.15, 0.2) is 60.7 Å². The molecular weight excluding hydrogens is 891 g/mol. The summed E-state index contributed by atoms with van der Waals surface area (Å²) in [7, 11) is -8.59. The number of carbonyl (C=O) groups excluding carboxylic acids is 4. The first-order valence-corrected chi connectivity index (χ1v) is 24.7. The zero-order valence-corrected chi connectivity index (χ0v) is 37.1. The molecule has 4 heterocycles. The lowest BCUT2D eigenvalue weighted by Gasteiger charge is -2.34. The van der Waals surface area contributed by atoms with Crippen molar-refractivity contribution in [2.75, 3.05) is 24.6 Å². The lowest BCUT2D eigenvalue weighted by Crippen LogP contribution is -2.38. The summed E-state index contributed by atoms with van der Waals surface area (Å²) in [6.45, 7) is 5.26. The lowest BCUT2D eigenvalue weighted by molar-refractivity contribution is -0.132. The first-order valence-electron chi connectivity index (χ1n) is 19.8. The molecule has 8 rings (SSSR count). The zero-order chi connectivity index (χ0) is 44.9. The number of nitrogens with zero attached hydrogens (tertiary/aromatic N) is 2. The number of ketones is 2. The number of ether oxygens (including phenoxy) is 2. The lowest BCUT2D eigenvalue weighted by atomic mass is 9.95. The van der Waals surface area contributed by atoms with E-state index >= 15 is 0 Å². The van der Waals surface area contributed by atoms with Crippen LogP contribution in [0.4, 0.5) is 8.78 Å². The first kappa shape index (κ1) is 47.2. The van der Waals surface area contributed by atoms with Crippen LogP contribution >= 0.6 is 22.7 Å². The van der Waals surface area contributed by atoms with Crippen molar-refractivity contribution in [1.29, 1.82) is 0 Å². The maximum Gasteiger partial charge on any atom is 0.308 e. The molecule has 4 aliphatic rings. The van der Waals surface area contributed by atoms with Gasteiger partial charge in [0.1, 0.15) is 11.6 Å². The van der Waals surface area contributed by atoms with E-state index in [9.17, 15) is 44.8 Å². The summed E-state index contributed by atoms with van der Waals surface area (Å²) in [4.78, 5) is 54.7. The molecule has 334 valence electrons. The Balaban J connectivity index is 0.000000171. The Morgan fingerprint density at radius 2 is 1.02 bits per heavy atom. The van der Waals surface area contributed by atoms with Gasteiger partial charge in [0.05, 0.1) is 23.6 Å². The van der Waals surface area contributed by atoms with E-state index in [2.05, 4.69) is 9.80 Å². The van der Waals surface area contributed by atoms with Gasteiger partial charge in [-0.15, -0.1) is 22.7 Å². The average molecular weight is 937 g/mol. The highest BCUT2D eigenvalue weighted by Gasteiger charge is 2.42. The Labute approximate surface area is 366 Å². The van der Waals surface area contributed by atoms with Crippen LogP contribution in [0.25, 0.3) is 0 Å². The minimum Gasteiger partial charge on any atom is -0.416 e. The third-order valence-electron chi connectivity index (χ3n) is 10.5. The van der Waals surface area contributed by atoms with Crippen LogP contribution in [0.5, 0.6) is 10.1 Å². The molecule has 0 bridgehead atoms. The highest BCUT2D eigenvalue weighted by atomic mass is 32.2. The number of esters is 2. The molecule has 4 aromatic rings. The maximum absolute atomic E-state index is 14.4. The van der Waals surface area contributed by atoms with Gasteiger partial charge < -0.3 is 9.47 Å². The number of rotatable bonds is 13. The minimum atomic E-state index is -4.30. The summed E-state index contributed by atoms with van der Waals surface area (Å²) in [6, 6.07) is 15.8. The number of fused-ring (bicyclic) bond motifs is 2. The molecule has 0 radical (unpaired) electrons. The van der Waals surface area contributed by atoms with Gasteiger partial charge in [-0.1, -0.05) is 36.4 Å². The Kier molecular flexibility index (Phi) is 15.3. The summed E-state index contributed by atoms with van der Waals surface area (Å²) in [5, 5.41) is 1.17. The fraction of sp³-hybridized carbons (Fsp3) is 0.429. The quantitative estimate of drug-likeness (QED) is 0.108. The van der Waals surface area contributed by atoms with Crippen LogP contribution in [0.3, 0.4) is 0 Å². The van der Waals surface area contributed by atoms with Crippen LogP contribution in [0, 0.1) is 23.5 Å². The summed E-state index contributed by atoms with van der Waals surface area (Å²) >= 11 is 2.95. The number of Topliss-reactive ketones (excluding diaryl/α,β-unsaturated/α-hetero) is 2. The van der Waals surface area contributed by atoms with Gasteiger partial charge in [-0.25, -0.2) is 8.78 Å². The standard InChI is InChI=1S/2C20H20FNO3S.C2H6O6S2/c2*1-12(23)25-18-10-14-11-22(9-8-17(14)26-18)19(20(24)13-6-7-13)15-4-2-3-5-16(15)21;3-9(4,5)1-2-10(6,7)8/h2*2-5,10,13,19H,6-9,11H2,1H3;1-2H2,(H,3,4,5)(H,6,7,8). The molecule has 62 heavy (non-hydrogen) atoms. The topological polar surface area (TPSA) is 202 Å². The summed E-state index contributed by atoms with van der Waals surface area (Å²) < 4.78 is 94.7. The van der Waals surface area contributed by atoms with Crippen LogP contribution < -0.4 is 9.47 Å². The van der Waals surface area contributed by atoms with E-state index in [1.165, 1.54) is 58.4 Å². The summed E-state index contributed by atoms with van der Waals surface area (Å²) in [6.07, 6.45) is 5.14. The van der Waals surface area contributed by atoms with Crippen LogP contribution in [0.2, 0.25) is 0 Å². The molecular formula is C42H46F2N2O12S4. The van der Waals surface area contributed by atoms with Crippen molar-refractivity contribution in [3.8, 4) is 10.1 Å². The van der Waals surface area contributed by atoms with Crippen molar-refractivity contribution in [1.82, 2.24) is 9.80 Å². The summed E-state index contributed by atoms with van der Waals surface area (Å²) in [5.74, 6) is -2.95. The molecule has 2 aromatic heterocycles. The van der Waals surface area contributed by atoms with Crippen molar-refractivity contribution in [3.05, 3.63) is 104 Å². The maximum atomic E-state index is 14.4. The second kappa shape index (κ2) is 20.0. The molecule has 2 aliphatic heterocycles. The number of benzene rings is 2. The molecule has 14 nitrogen and oxygen atoms in total. The van der Waals surface area contributed by atoms with Crippen molar-refractivity contribution in [2.24, 2.45) is 11.8 Å². The van der Waals surface area contributed by atoms with E-state index < -0.39 is 43.8 Å². The Morgan fingerprint density at radius 1 is 0.661 bits per heavy atom. The van der Waals surface area contributed by atoms with Gasteiger partial charge in [-0.2, -0.15) is 16.8 Å². The zero-order valence-electron chi connectivity index (χ0n) is 33.8. The van der Waals surface area contributed by atoms with E-state index in [0.29, 0.717) is 47.4 Å². The number of hydrogen-bond acceptors (Lipinski definition) is 14. The largest absolute Gasteiger partial charge is 0.416 e. The monoisotopic (exact) mass is 936 g/mol. The molecule has 2 saturated carbocycles. The van der Waals surface area contributed by atoms with Crippen molar-refractivity contribution < 1.29 is 63.4 Å². The Hall–Kier alpha value is -4.28. The van der Waals surface area contributed by atoms with Gasteiger partial charge in [-0.05, 0) is 73.9 Å². The molecule has 2 aliphatic carbocycles. The number of thiophene rings is 2. The predicted molar refractivity (Wildman–Crippen MR) is 226 cm³/mol. The summed E-state index contributed by atoms with van der Waals surface area (Å²) in [5.41, 5.74) is 3.04. The smallest absolute Gasteiger partial charge is 0.308 e. The van der Waals surface area contributed by atoms with Gasteiger partial charge in [0, 0.05) is 72.7 Å². The SMILES string of the molecule is CC(=O)Oc1cc2c(s1)CCN(C(C(=O)C1CC1)c1ccccc1F)C2.CC(=O)Oc1cc2c(s1)CCN(C(C(=O)C1CC1)c1ccccc1F)C2.O=S(=O)(O)CCS(=O)(=O)O. The van der Waals surface area contributed by atoms with Crippen molar-refractivity contribution in [3.63, 3.8) is 0 Å².